The molecule has 9 heteroatoms. The summed E-state index contributed by atoms with van der Waals surface area (Å²) in [5.41, 5.74) is 0.292. The number of rotatable bonds is 3. The first kappa shape index (κ1) is 19.1. The number of allylic oxidation sites excluding steroid dienone is 1. The Labute approximate surface area is 168 Å². The van der Waals surface area contributed by atoms with Gasteiger partial charge in [0, 0.05) is 24.4 Å². The molecule has 150 valence electrons. The van der Waals surface area contributed by atoms with Crippen LogP contribution in [0.25, 0.3) is 17.0 Å². The summed E-state index contributed by atoms with van der Waals surface area (Å²) >= 11 is 0. The van der Waals surface area contributed by atoms with Crippen LogP contribution in [-0.2, 0) is 4.79 Å². The Hall–Kier alpha value is -4.27. The van der Waals surface area contributed by atoms with Gasteiger partial charge in [-0.15, -0.1) is 0 Å². The Morgan fingerprint density at radius 3 is 2.63 bits per heavy atom. The number of ketones is 1. The molecule has 0 radical (unpaired) electrons. The first-order valence-corrected chi connectivity index (χ1v) is 8.73. The van der Waals surface area contributed by atoms with Gasteiger partial charge in [-0.3, -0.25) is 19.7 Å². The molecule has 0 unspecified atom stereocenters. The molecule has 1 aliphatic heterocycles. The molecule has 9 nitrogen and oxygen atoms in total. The molecule has 1 aliphatic rings. The molecule has 0 spiro atoms. The van der Waals surface area contributed by atoms with Crippen LogP contribution in [0.1, 0.15) is 28.4 Å². The van der Waals surface area contributed by atoms with E-state index in [4.69, 9.17) is 13.9 Å². The molecule has 4 rings (SSSR count). The minimum absolute atomic E-state index is 0.0655. The first-order chi connectivity index (χ1) is 14.2. The predicted molar refractivity (Wildman–Crippen MR) is 105 cm³/mol. The van der Waals surface area contributed by atoms with E-state index in [-0.39, 0.29) is 28.4 Å². The Bertz CT molecular complexity index is 1350. The van der Waals surface area contributed by atoms with E-state index >= 15 is 0 Å². The van der Waals surface area contributed by atoms with Gasteiger partial charge in [-0.05, 0) is 48.4 Å². The summed E-state index contributed by atoms with van der Waals surface area (Å²) in [6.07, 6.45) is 1.36. The molecule has 0 atom stereocenters. The van der Waals surface area contributed by atoms with Gasteiger partial charge in [-0.25, -0.2) is 4.79 Å². The van der Waals surface area contributed by atoms with Gasteiger partial charge in [0.1, 0.15) is 11.3 Å². The first-order valence-electron chi connectivity index (χ1n) is 8.73. The molecule has 0 fully saturated rings. The number of nitro benzene ring substituents is 1. The second-order valence-corrected chi connectivity index (χ2v) is 6.58. The van der Waals surface area contributed by atoms with Crippen molar-refractivity contribution < 1.29 is 28.4 Å². The normalized spacial score (nSPS) is 13.9. The molecule has 2 heterocycles. The fraction of sp³-hybridized carbons (Fsp3) is 0.0952. The highest BCUT2D eigenvalue weighted by Gasteiger charge is 2.31. The Morgan fingerprint density at radius 1 is 1.17 bits per heavy atom. The van der Waals surface area contributed by atoms with Gasteiger partial charge < -0.3 is 13.9 Å². The summed E-state index contributed by atoms with van der Waals surface area (Å²) in [6, 6.07) is 8.43. The number of nitrogens with zero attached hydrogens (tertiary/aromatic N) is 1. The molecule has 0 amide bonds. The van der Waals surface area contributed by atoms with Crippen molar-refractivity contribution in [1.29, 1.82) is 0 Å². The van der Waals surface area contributed by atoms with Crippen LogP contribution < -0.4 is 15.1 Å². The predicted octanol–water partition coefficient (Wildman–Crippen LogP) is 3.55. The van der Waals surface area contributed by atoms with E-state index < -0.39 is 28.0 Å². The van der Waals surface area contributed by atoms with Crippen molar-refractivity contribution in [1.82, 2.24) is 0 Å². The highest BCUT2D eigenvalue weighted by molar-refractivity contribution is 6.20. The Balaban J connectivity index is 1.79. The highest BCUT2D eigenvalue weighted by atomic mass is 16.6. The summed E-state index contributed by atoms with van der Waals surface area (Å²) in [5, 5.41) is 11.7. The quantitative estimate of drug-likeness (QED) is 0.161. The third-order valence-electron chi connectivity index (χ3n) is 4.48. The lowest BCUT2D eigenvalue weighted by Gasteiger charge is -2.04. The molecule has 0 bridgehead atoms. The van der Waals surface area contributed by atoms with E-state index in [0.29, 0.717) is 16.5 Å². The second-order valence-electron chi connectivity index (χ2n) is 6.58. The summed E-state index contributed by atoms with van der Waals surface area (Å²) in [7, 11) is 0. The maximum absolute atomic E-state index is 12.9. The SMILES string of the molecule is CC(=O)Oc1cc(C=C2Oc3ccc4c(C)cc(=O)oc4c3C2=O)ccc1[N+](=O)[O-]. The van der Waals surface area contributed by atoms with Gasteiger partial charge in [0.05, 0.1) is 4.92 Å². The number of esters is 1. The lowest BCUT2D eigenvalue weighted by atomic mass is 10.0. The number of nitro groups is 1. The molecule has 1 aromatic heterocycles. The van der Waals surface area contributed by atoms with Crippen molar-refractivity contribution in [3.63, 3.8) is 0 Å². The number of ether oxygens (including phenoxy) is 2. The van der Waals surface area contributed by atoms with Crippen molar-refractivity contribution in [3.05, 3.63) is 79.4 Å². The van der Waals surface area contributed by atoms with Crippen molar-refractivity contribution in [2.45, 2.75) is 13.8 Å². The third-order valence-corrected chi connectivity index (χ3v) is 4.48. The van der Waals surface area contributed by atoms with Crippen LogP contribution in [0.5, 0.6) is 11.5 Å². The van der Waals surface area contributed by atoms with E-state index in [9.17, 15) is 24.5 Å². The number of benzene rings is 2. The van der Waals surface area contributed by atoms with E-state index in [1.54, 1.807) is 19.1 Å². The Morgan fingerprint density at radius 2 is 1.93 bits per heavy atom. The van der Waals surface area contributed by atoms with E-state index in [2.05, 4.69) is 0 Å². The zero-order chi connectivity index (χ0) is 21.6. The fourth-order valence-corrected chi connectivity index (χ4v) is 3.21. The molecule has 0 saturated heterocycles. The molecule has 2 aromatic carbocycles. The minimum atomic E-state index is -0.722. The summed E-state index contributed by atoms with van der Waals surface area (Å²) in [5.74, 6) is -1.31. The fourth-order valence-electron chi connectivity index (χ4n) is 3.21. The number of hydrogen-bond acceptors (Lipinski definition) is 8. The zero-order valence-electron chi connectivity index (χ0n) is 15.8. The number of carbonyl (C=O) groups excluding carboxylic acids is 2. The number of hydrogen-bond donors (Lipinski definition) is 0. The summed E-state index contributed by atoms with van der Waals surface area (Å²) < 4.78 is 15.8. The second kappa shape index (κ2) is 6.96. The topological polar surface area (TPSA) is 126 Å². The van der Waals surface area contributed by atoms with Gasteiger partial charge in [0.2, 0.25) is 11.5 Å². The van der Waals surface area contributed by atoms with Gasteiger partial charge in [-0.1, -0.05) is 0 Å². The van der Waals surface area contributed by atoms with Crippen LogP contribution in [0, 0.1) is 17.0 Å². The van der Waals surface area contributed by atoms with Crippen molar-refractivity contribution in [3.8, 4) is 11.5 Å². The number of Topliss-reactive ketones (excluding diaryl/α,β-unsaturated/α-hetero) is 1. The van der Waals surface area contributed by atoms with Crippen molar-refractivity contribution in [2.24, 2.45) is 0 Å². The Kier molecular flexibility index (Phi) is 4.42. The molecule has 0 N–H and O–H groups in total. The monoisotopic (exact) mass is 407 g/mol. The van der Waals surface area contributed by atoms with Crippen LogP contribution in [0.2, 0.25) is 0 Å². The van der Waals surface area contributed by atoms with Crippen molar-refractivity contribution >= 4 is 34.5 Å². The van der Waals surface area contributed by atoms with Gasteiger partial charge in [0.15, 0.2) is 11.3 Å². The van der Waals surface area contributed by atoms with E-state index in [1.165, 1.54) is 24.3 Å². The molecule has 0 saturated carbocycles. The third kappa shape index (κ3) is 3.22. The molecular weight excluding hydrogens is 394 g/mol. The highest BCUT2D eigenvalue weighted by Crippen LogP contribution is 2.38. The number of aryl methyl sites for hydroxylation is 1. The maximum Gasteiger partial charge on any atom is 0.336 e. The molecule has 0 aliphatic carbocycles. The summed E-state index contributed by atoms with van der Waals surface area (Å²) in [6.45, 7) is 2.85. The number of fused-ring (bicyclic) bond motifs is 3. The smallest absolute Gasteiger partial charge is 0.336 e. The van der Waals surface area contributed by atoms with Crippen molar-refractivity contribution in [2.75, 3.05) is 0 Å². The molecule has 30 heavy (non-hydrogen) atoms. The van der Waals surface area contributed by atoms with Gasteiger partial charge >= 0.3 is 17.3 Å². The number of carbonyl (C=O) groups is 2. The van der Waals surface area contributed by atoms with Crippen LogP contribution in [-0.4, -0.2) is 16.7 Å². The standard InChI is InChI=1S/C21H13NO8/c1-10-7-18(24)30-21-13(10)4-6-15-19(21)20(25)17(29-15)9-12-3-5-14(22(26)27)16(8-12)28-11(2)23/h3-9H,1-2H3. The average molecular weight is 407 g/mol. The van der Waals surface area contributed by atoms with E-state index in [0.717, 1.165) is 13.0 Å². The van der Waals surface area contributed by atoms with Crippen LogP contribution in [0.3, 0.4) is 0 Å². The lowest BCUT2D eigenvalue weighted by Crippen LogP contribution is -2.05. The van der Waals surface area contributed by atoms with Gasteiger partial charge in [-0.2, -0.15) is 0 Å². The average Bonchev–Trinajstić information content (AvgIpc) is 2.97. The maximum atomic E-state index is 12.9. The van der Waals surface area contributed by atoms with Crippen LogP contribution in [0.4, 0.5) is 5.69 Å². The molecule has 3 aromatic rings. The zero-order valence-corrected chi connectivity index (χ0v) is 15.8. The van der Waals surface area contributed by atoms with Crippen LogP contribution in [0.15, 0.2) is 51.4 Å². The minimum Gasteiger partial charge on any atom is -0.452 e. The van der Waals surface area contributed by atoms with E-state index in [1.807, 2.05) is 0 Å². The lowest BCUT2D eigenvalue weighted by molar-refractivity contribution is -0.385. The van der Waals surface area contributed by atoms with Crippen LogP contribution >= 0.6 is 0 Å². The largest absolute Gasteiger partial charge is 0.452 e. The summed E-state index contributed by atoms with van der Waals surface area (Å²) in [4.78, 5) is 46.4. The molecular formula is C21H13NO8. The van der Waals surface area contributed by atoms with Gasteiger partial charge in [0.25, 0.3) is 0 Å².